The second kappa shape index (κ2) is 4.39. The molecule has 0 aromatic carbocycles. The standard InChI is InChI=1S/C12H17N3S/c1-12(2,8-13)5-10-7-16-11(15-10)9-3-4-14-6-9/h3-4,6-7,14H,5,8,13H2,1-2H3. The van der Waals surface area contributed by atoms with E-state index in [2.05, 4.69) is 29.2 Å². The number of hydrogen-bond donors (Lipinski definition) is 2. The highest BCUT2D eigenvalue weighted by Crippen LogP contribution is 2.26. The minimum atomic E-state index is 0.128. The van der Waals surface area contributed by atoms with Crippen LogP contribution in [0.3, 0.4) is 0 Å². The van der Waals surface area contributed by atoms with Crippen LogP contribution in [0.2, 0.25) is 0 Å². The van der Waals surface area contributed by atoms with Crippen LogP contribution in [0.15, 0.2) is 23.8 Å². The van der Waals surface area contributed by atoms with E-state index in [4.69, 9.17) is 5.73 Å². The van der Waals surface area contributed by atoms with Crippen LogP contribution in [-0.4, -0.2) is 16.5 Å². The lowest BCUT2D eigenvalue weighted by molar-refractivity contribution is 0.373. The van der Waals surface area contributed by atoms with Crippen molar-refractivity contribution in [3.05, 3.63) is 29.5 Å². The number of nitrogens with two attached hydrogens (primary N) is 1. The van der Waals surface area contributed by atoms with Gasteiger partial charge < -0.3 is 10.7 Å². The molecule has 16 heavy (non-hydrogen) atoms. The van der Waals surface area contributed by atoms with Gasteiger partial charge in [0.05, 0.1) is 5.69 Å². The van der Waals surface area contributed by atoms with Crippen LogP contribution >= 0.6 is 11.3 Å². The zero-order valence-electron chi connectivity index (χ0n) is 9.66. The maximum Gasteiger partial charge on any atom is 0.125 e. The summed E-state index contributed by atoms with van der Waals surface area (Å²) in [5.41, 5.74) is 8.14. The number of nitrogens with zero attached hydrogens (tertiary/aromatic N) is 1. The molecule has 3 N–H and O–H groups in total. The summed E-state index contributed by atoms with van der Waals surface area (Å²) < 4.78 is 0. The molecule has 0 bridgehead atoms. The van der Waals surface area contributed by atoms with Crippen molar-refractivity contribution in [3.8, 4) is 10.6 Å². The average molecular weight is 235 g/mol. The maximum atomic E-state index is 5.73. The second-order valence-corrected chi connectivity index (χ2v) is 5.65. The summed E-state index contributed by atoms with van der Waals surface area (Å²) in [7, 11) is 0. The van der Waals surface area contributed by atoms with Crippen LogP contribution < -0.4 is 5.73 Å². The molecule has 4 heteroatoms. The number of thiazole rings is 1. The molecule has 0 radical (unpaired) electrons. The third-order valence-electron chi connectivity index (χ3n) is 2.61. The van der Waals surface area contributed by atoms with E-state index in [9.17, 15) is 0 Å². The molecule has 3 nitrogen and oxygen atoms in total. The van der Waals surface area contributed by atoms with E-state index in [1.165, 1.54) is 0 Å². The lowest BCUT2D eigenvalue weighted by Gasteiger charge is -2.20. The van der Waals surface area contributed by atoms with E-state index in [1.54, 1.807) is 11.3 Å². The summed E-state index contributed by atoms with van der Waals surface area (Å²) in [5.74, 6) is 0. The van der Waals surface area contributed by atoms with Gasteiger partial charge in [-0.15, -0.1) is 11.3 Å². The number of aromatic amines is 1. The van der Waals surface area contributed by atoms with E-state index in [1.807, 2.05) is 18.5 Å². The molecule has 0 saturated carbocycles. The van der Waals surface area contributed by atoms with Crippen molar-refractivity contribution >= 4 is 11.3 Å². The van der Waals surface area contributed by atoms with Gasteiger partial charge in [0.15, 0.2) is 0 Å². The molecular formula is C12H17N3S. The van der Waals surface area contributed by atoms with E-state index < -0.39 is 0 Å². The third kappa shape index (κ3) is 2.51. The van der Waals surface area contributed by atoms with Gasteiger partial charge in [-0.3, -0.25) is 0 Å². The van der Waals surface area contributed by atoms with Gasteiger partial charge in [0.2, 0.25) is 0 Å². The third-order valence-corrected chi connectivity index (χ3v) is 3.55. The lowest BCUT2D eigenvalue weighted by Crippen LogP contribution is -2.26. The monoisotopic (exact) mass is 235 g/mol. The summed E-state index contributed by atoms with van der Waals surface area (Å²) in [4.78, 5) is 7.67. The molecule has 0 spiro atoms. The Morgan fingerprint density at radius 3 is 2.94 bits per heavy atom. The highest BCUT2D eigenvalue weighted by atomic mass is 32.1. The Balaban J connectivity index is 2.14. The van der Waals surface area contributed by atoms with Crippen molar-refractivity contribution in [2.24, 2.45) is 11.1 Å². The average Bonchev–Trinajstić information content (AvgIpc) is 2.86. The summed E-state index contributed by atoms with van der Waals surface area (Å²) in [6.07, 6.45) is 4.82. The highest BCUT2D eigenvalue weighted by molar-refractivity contribution is 7.13. The predicted octanol–water partition coefficient (Wildman–Crippen LogP) is 2.67. The Morgan fingerprint density at radius 1 is 1.50 bits per heavy atom. The maximum absolute atomic E-state index is 5.73. The first-order valence-corrected chi connectivity index (χ1v) is 6.26. The van der Waals surface area contributed by atoms with Gasteiger partial charge in [0.1, 0.15) is 5.01 Å². The molecule has 0 aliphatic rings. The normalized spacial score (nSPS) is 11.9. The van der Waals surface area contributed by atoms with Gasteiger partial charge in [-0.05, 0) is 24.4 Å². The van der Waals surface area contributed by atoms with Crippen LogP contribution in [0.1, 0.15) is 19.5 Å². The number of rotatable bonds is 4. The van der Waals surface area contributed by atoms with Crippen molar-refractivity contribution in [2.45, 2.75) is 20.3 Å². The Hall–Kier alpha value is -1.13. The number of nitrogens with one attached hydrogen (secondary N) is 1. The number of hydrogen-bond acceptors (Lipinski definition) is 3. The summed E-state index contributed by atoms with van der Waals surface area (Å²) >= 11 is 1.69. The molecule has 0 amide bonds. The van der Waals surface area contributed by atoms with Gasteiger partial charge in [0, 0.05) is 23.3 Å². The zero-order chi connectivity index (χ0) is 11.6. The van der Waals surface area contributed by atoms with Gasteiger partial charge in [0.25, 0.3) is 0 Å². The van der Waals surface area contributed by atoms with Crippen molar-refractivity contribution in [1.82, 2.24) is 9.97 Å². The highest BCUT2D eigenvalue weighted by Gasteiger charge is 2.18. The minimum Gasteiger partial charge on any atom is -0.367 e. The Bertz CT molecular complexity index is 443. The fraction of sp³-hybridized carbons (Fsp3) is 0.417. The minimum absolute atomic E-state index is 0.128. The molecule has 0 aliphatic heterocycles. The van der Waals surface area contributed by atoms with Crippen molar-refractivity contribution in [2.75, 3.05) is 6.54 Å². The Kier molecular flexibility index (Phi) is 3.12. The second-order valence-electron chi connectivity index (χ2n) is 4.79. The molecule has 2 heterocycles. The SMILES string of the molecule is CC(C)(CN)Cc1csc(-c2cc[nH]c2)n1. The Labute approximate surface area is 99.7 Å². The molecule has 0 fully saturated rings. The van der Waals surface area contributed by atoms with Crippen LogP contribution in [0.5, 0.6) is 0 Å². The quantitative estimate of drug-likeness (QED) is 0.856. The molecular weight excluding hydrogens is 218 g/mol. The number of aromatic nitrogens is 2. The molecule has 2 aromatic rings. The first-order chi connectivity index (χ1) is 7.61. The van der Waals surface area contributed by atoms with E-state index in [0.717, 1.165) is 22.7 Å². The molecule has 0 atom stereocenters. The number of H-pyrrole nitrogens is 1. The van der Waals surface area contributed by atoms with Gasteiger partial charge in [-0.1, -0.05) is 13.8 Å². The van der Waals surface area contributed by atoms with Crippen molar-refractivity contribution in [3.63, 3.8) is 0 Å². The summed E-state index contributed by atoms with van der Waals surface area (Å²) in [6.45, 7) is 5.02. The lowest BCUT2D eigenvalue weighted by atomic mass is 9.88. The summed E-state index contributed by atoms with van der Waals surface area (Å²) in [5, 5.41) is 3.20. The molecule has 86 valence electrons. The zero-order valence-corrected chi connectivity index (χ0v) is 10.5. The fourth-order valence-electron chi connectivity index (χ4n) is 1.54. The molecule has 2 aromatic heterocycles. The first-order valence-electron chi connectivity index (χ1n) is 5.38. The molecule has 0 unspecified atom stereocenters. The predicted molar refractivity (Wildman–Crippen MR) is 68.4 cm³/mol. The van der Waals surface area contributed by atoms with Crippen LogP contribution in [0, 0.1) is 5.41 Å². The van der Waals surface area contributed by atoms with Crippen molar-refractivity contribution in [1.29, 1.82) is 0 Å². The van der Waals surface area contributed by atoms with Crippen LogP contribution in [-0.2, 0) is 6.42 Å². The van der Waals surface area contributed by atoms with Crippen LogP contribution in [0.4, 0.5) is 0 Å². The van der Waals surface area contributed by atoms with Gasteiger partial charge in [-0.2, -0.15) is 0 Å². The van der Waals surface area contributed by atoms with Gasteiger partial charge >= 0.3 is 0 Å². The first kappa shape index (κ1) is 11.4. The van der Waals surface area contributed by atoms with Crippen LogP contribution in [0.25, 0.3) is 10.6 Å². The molecule has 0 aliphatic carbocycles. The summed E-state index contributed by atoms with van der Waals surface area (Å²) in [6, 6.07) is 2.04. The fourth-order valence-corrected chi connectivity index (χ4v) is 2.36. The van der Waals surface area contributed by atoms with E-state index >= 15 is 0 Å². The largest absolute Gasteiger partial charge is 0.367 e. The van der Waals surface area contributed by atoms with E-state index in [0.29, 0.717) is 6.54 Å². The molecule has 0 saturated heterocycles. The topological polar surface area (TPSA) is 54.7 Å². The van der Waals surface area contributed by atoms with Crippen molar-refractivity contribution < 1.29 is 0 Å². The van der Waals surface area contributed by atoms with Gasteiger partial charge in [-0.25, -0.2) is 4.98 Å². The Morgan fingerprint density at radius 2 is 2.31 bits per heavy atom. The van der Waals surface area contributed by atoms with E-state index in [-0.39, 0.29) is 5.41 Å². The molecule has 2 rings (SSSR count). The smallest absolute Gasteiger partial charge is 0.125 e.